The number of rotatable bonds is 6. The molecule has 0 aliphatic rings. The molecule has 1 aromatic rings. The van der Waals surface area contributed by atoms with Crippen molar-refractivity contribution in [1.29, 1.82) is 0 Å². The van der Waals surface area contributed by atoms with E-state index < -0.39 is 0 Å². The van der Waals surface area contributed by atoms with E-state index in [1.807, 2.05) is 37.3 Å². The first-order valence-corrected chi connectivity index (χ1v) is 5.01. The number of carbonyl (C=O) groups excluding carboxylic acids is 1. The van der Waals surface area contributed by atoms with Crippen molar-refractivity contribution in [1.82, 2.24) is 0 Å². The van der Waals surface area contributed by atoms with Crippen molar-refractivity contribution in [2.45, 2.75) is 26.0 Å². The highest BCUT2D eigenvalue weighted by Crippen LogP contribution is 2.02. The number of benzene rings is 1. The van der Waals surface area contributed by atoms with Crippen molar-refractivity contribution >= 4 is 6.08 Å². The lowest BCUT2D eigenvalue weighted by atomic mass is 10.2. The Morgan fingerprint density at radius 1 is 1.40 bits per heavy atom. The van der Waals surface area contributed by atoms with Crippen molar-refractivity contribution in [2.75, 3.05) is 6.61 Å². The molecule has 0 spiro atoms. The quantitative estimate of drug-likeness (QED) is 0.406. The van der Waals surface area contributed by atoms with Crippen molar-refractivity contribution < 1.29 is 9.53 Å². The molecule has 15 heavy (non-hydrogen) atoms. The highest BCUT2D eigenvalue weighted by atomic mass is 16.5. The topological polar surface area (TPSA) is 38.7 Å². The van der Waals surface area contributed by atoms with E-state index in [4.69, 9.17) is 4.74 Å². The monoisotopic (exact) mass is 205 g/mol. The molecule has 0 N–H and O–H groups in total. The number of isocyanates is 1. The number of hydrogen-bond donors (Lipinski definition) is 0. The molecule has 0 saturated carbocycles. The van der Waals surface area contributed by atoms with Gasteiger partial charge in [0.1, 0.15) is 0 Å². The molecule has 3 nitrogen and oxygen atoms in total. The third kappa shape index (κ3) is 5.11. The van der Waals surface area contributed by atoms with E-state index in [1.165, 1.54) is 0 Å². The van der Waals surface area contributed by atoms with E-state index in [-0.39, 0.29) is 6.04 Å². The molecule has 0 saturated heterocycles. The van der Waals surface area contributed by atoms with Gasteiger partial charge in [-0.15, -0.1) is 0 Å². The fraction of sp³-hybridized carbons (Fsp3) is 0.417. The molecule has 1 unspecified atom stereocenters. The Hall–Kier alpha value is -1.44. The van der Waals surface area contributed by atoms with Crippen LogP contribution in [0, 0.1) is 0 Å². The summed E-state index contributed by atoms with van der Waals surface area (Å²) in [7, 11) is 0. The van der Waals surface area contributed by atoms with Gasteiger partial charge in [0.25, 0.3) is 0 Å². The molecule has 0 bridgehead atoms. The lowest BCUT2D eigenvalue weighted by Crippen LogP contribution is -2.04. The van der Waals surface area contributed by atoms with Gasteiger partial charge in [0, 0.05) is 6.61 Å². The van der Waals surface area contributed by atoms with E-state index in [0.717, 1.165) is 12.0 Å². The summed E-state index contributed by atoms with van der Waals surface area (Å²) in [6.07, 6.45) is 2.30. The van der Waals surface area contributed by atoms with Crippen LogP contribution < -0.4 is 0 Å². The molecular weight excluding hydrogens is 190 g/mol. The summed E-state index contributed by atoms with van der Waals surface area (Å²) in [5.41, 5.74) is 1.16. The van der Waals surface area contributed by atoms with Crippen molar-refractivity contribution in [2.24, 2.45) is 4.99 Å². The predicted octanol–water partition coefficient (Wildman–Crippen LogP) is 2.32. The molecule has 0 aromatic heterocycles. The van der Waals surface area contributed by atoms with Gasteiger partial charge >= 0.3 is 0 Å². The summed E-state index contributed by atoms with van der Waals surface area (Å²) in [6, 6.07) is 9.98. The van der Waals surface area contributed by atoms with E-state index in [0.29, 0.717) is 13.2 Å². The number of ether oxygens (including phenoxy) is 1. The average Bonchev–Trinajstić information content (AvgIpc) is 2.26. The van der Waals surface area contributed by atoms with Gasteiger partial charge in [-0.25, -0.2) is 9.79 Å². The average molecular weight is 205 g/mol. The summed E-state index contributed by atoms with van der Waals surface area (Å²) in [5, 5.41) is 0. The molecule has 0 fully saturated rings. The minimum absolute atomic E-state index is 0.00160. The van der Waals surface area contributed by atoms with Crippen molar-refractivity contribution in [3.8, 4) is 0 Å². The lowest BCUT2D eigenvalue weighted by Gasteiger charge is -2.05. The Bertz CT molecular complexity index is 318. The van der Waals surface area contributed by atoms with Gasteiger partial charge in [-0.1, -0.05) is 30.3 Å². The summed E-state index contributed by atoms with van der Waals surface area (Å²) in [4.78, 5) is 13.5. The summed E-state index contributed by atoms with van der Waals surface area (Å²) in [5.74, 6) is 0. The zero-order chi connectivity index (χ0) is 10.9. The first-order valence-electron chi connectivity index (χ1n) is 5.01. The molecule has 1 aromatic carbocycles. The van der Waals surface area contributed by atoms with Crippen LogP contribution >= 0.6 is 0 Å². The first kappa shape index (κ1) is 11.6. The van der Waals surface area contributed by atoms with Crippen LogP contribution in [0.5, 0.6) is 0 Å². The molecule has 0 aliphatic carbocycles. The minimum atomic E-state index is -0.00160. The molecule has 0 aliphatic heterocycles. The highest BCUT2D eigenvalue weighted by molar-refractivity contribution is 5.33. The van der Waals surface area contributed by atoms with E-state index in [1.54, 1.807) is 6.08 Å². The number of nitrogens with zero attached hydrogens (tertiary/aromatic N) is 1. The van der Waals surface area contributed by atoms with Crippen molar-refractivity contribution in [3.05, 3.63) is 35.9 Å². The molecule has 80 valence electrons. The Labute approximate surface area is 89.8 Å². The fourth-order valence-corrected chi connectivity index (χ4v) is 1.17. The fourth-order valence-electron chi connectivity index (χ4n) is 1.17. The van der Waals surface area contributed by atoms with E-state index in [9.17, 15) is 4.79 Å². The van der Waals surface area contributed by atoms with Crippen LogP contribution in [0.2, 0.25) is 0 Å². The Morgan fingerprint density at radius 3 is 2.80 bits per heavy atom. The maximum absolute atomic E-state index is 9.94. The molecule has 1 atom stereocenters. The molecule has 0 amide bonds. The number of hydrogen-bond acceptors (Lipinski definition) is 3. The van der Waals surface area contributed by atoms with Crippen LogP contribution in [0.4, 0.5) is 0 Å². The predicted molar refractivity (Wildman–Crippen MR) is 58.3 cm³/mol. The highest BCUT2D eigenvalue weighted by Gasteiger charge is 1.98. The molecule has 0 heterocycles. The molecule has 0 radical (unpaired) electrons. The molecule has 3 heteroatoms. The maximum Gasteiger partial charge on any atom is 0.235 e. The van der Waals surface area contributed by atoms with Crippen LogP contribution in [0.15, 0.2) is 35.3 Å². The first-order chi connectivity index (χ1) is 7.33. The van der Waals surface area contributed by atoms with Gasteiger partial charge in [0.15, 0.2) is 0 Å². The summed E-state index contributed by atoms with van der Waals surface area (Å²) < 4.78 is 5.45. The zero-order valence-corrected chi connectivity index (χ0v) is 8.85. The second-order valence-corrected chi connectivity index (χ2v) is 3.40. The van der Waals surface area contributed by atoms with Gasteiger partial charge in [-0.05, 0) is 18.9 Å². The van der Waals surface area contributed by atoms with Crippen LogP contribution in [-0.4, -0.2) is 18.7 Å². The number of aliphatic imine (C=N–C) groups is 1. The van der Waals surface area contributed by atoms with Gasteiger partial charge in [0.2, 0.25) is 6.08 Å². The van der Waals surface area contributed by atoms with Crippen molar-refractivity contribution in [3.63, 3.8) is 0 Å². The van der Waals surface area contributed by atoms with Gasteiger partial charge in [-0.3, -0.25) is 0 Å². The molecule has 1 rings (SSSR count). The van der Waals surface area contributed by atoms with E-state index >= 15 is 0 Å². The smallest absolute Gasteiger partial charge is 0.235 e. The SMILES string of the molecule is CC(CCOCc1ccccc1)N=C=O. The standard InChI is InChI=1S/C12H15NO2/c1-11(13-10-14)7-8-15-9-12-5-3-2-4-6-12/h2-6,11H,7-9H2,1H3. The van der Waals surface area contributed by atoms with Crippen LogP contribution in [0.3, 0.4) is 0 Å². The summed E-state index contributed by atoms with van der Waals surface area (Å²) >= 11 is 0. The Kier molecular flexibility index (Phi) is 5.38. The largest absolute Gasteiger partial charge is 0.377 e. The lowest BCUT2D eigenvalue weighted by molar-refractivity contribution is 0.115. The third-order valence-electron chi connectivity index (χ3n) is 2.06. The van der Waals surface area contributed by atoms with Crippen LogP contribution in [0.25, 0.3) is 0 Å². The Morgan fingerprint density at radius 2 is 2.13 bits per heavy atom. The maximum atomic E-state index is 9.94. The zero-order valence-electron chi connectivity index (χ0n) is 8.85. The van der Waals surface area contributed by atoms with Crippen LogP contribution in [-0.2, 0) is 16.1 Å². The second kappa shape index (κ2) is 6.93. The minimum Gasteiger partial charge on any atom is -0.377 e. The second-order valence-electron chi connectivity index (χ2n) is 3.40. The van der Waals surface area contributed by atoms with Crippen LogP contribution in [0.1, 0.15) is 18.9 Å². The van der Waals surface area contributed by atoms with E-state index in [2.05, 4.69) is 4.99 Å². The summed E-state index contributed by atoms with van der Waals surface area (Å²) in [6.45, 7) is 3.09. The normalized spacial score (nSPS) is 11.8. The van der Waals surface area contributed by atoms with Gasteiger partial charge in [-0.2, -0.15) is 0 Å². The third-order valence-corrected chi connectivity index (χ3v) is 2.06. The molecular formula is C12H15NO2. The van der Waals surface area contributed by atoms with Gasteiger partial charge < -0.3 is 4.74 Å². The Balaban J connectivity index is 2.15. The van der Waals surface area contributed by atoms with Gasteiger partial charge in [0.05, 0.1) is 12.6 Å².